The highest BCUT2D eigenvalue weighted by molar-refractivity contribution is 7.99. The Bertz CT molecular complexity index is 902. The molecule has 2 aromatic rings. The van der Waals surface area contributed by atoms with E-state index in [4.69, 9.17) is 11.6 Å². The van der Waals surface area contributed by atoms with Gasteiger partial charge in [-0.15, -0.1) is 5.10 Å². The first-order valence-corrected chi connectivity index (χ1v) is 11.2. The lowest BCUT2D eigenvalue weighted by Crippen LogP contribution is -2.42. The van der Waals surface area contributed by atoms with Crippen LogP contribution >= 0.6 is 23.4 Å². The van der Waals surface area contributed by atoms with E-state index in [1.54, 1.807) is 23.1 Å². The summed E-state index contributed by atoms with van der Waals surface area (Å²) in [5.41, 5.74) is 0.701. The van der Waals surface area contributed by atoms with E-state index in [9.17, 15) is 13.2 Å². The van der Waals surface area contributed by atoms with Gasteiger partial charge in [-0.3, -0.25) is 4.79 Å². The lowest BCUT2D eigenvalue weighted by Gasteiger charge is -2.26. The number of amides is 1. The van der Waals surface area contributed by atoms with Crippen LogP contribution in [0.1, 0.15) is 13.3 Å². The first-order chi connectivity index (χ1) is 12.4. The number of carbonyl (C=O) groups is 1. The summed E-state index contributed by atoms with van der Waals surface area (Å²) in [6, 6.07) is 6.84. The molecule has 1 atom stereocenters. The van der Waals surface area contributed by atoms with Crippen LogP contribution in [-0.2, 0) is 14.6 Å². The van der Waals surface area contributed by atoms with Gasteiger partial charge < -0.3 is 4.90 Å². The van der Waals surface area contributed by atoms with Gasteiger partial charge in [0, 0.05) is 17.6 Å². The molecule has 0 bridgehead atoms. The molecular formula is C15H18ClN5O3S2. The fourth-order valence-electron chi connectivity index (χ4n) is 2.91. The fourth-order valence-corrected chi connectivity index (χ4v) is 5.60. The second-order valence-electron chi connectivity index (χ2n) is 5.88. The van der Waals surface area contributed by atoms with Crippen molar-refractivity contribution in [2.45, 2.75) is 24.5 Å². The molecule has 1 aromatic heterocycles. The Balaban J connectivity index is 1.67. The van der Waals surface area contributed by atoms with Gasteiger partial charge in [0.25, 0.3) is 0 Å². The number of halogens is 1. The van der Waals surface area contributed by atoms with E-state index in [-0.39, 0.29) is 29.2 Å². The molecule has 11 heteroatoms. The van der Waals surface area contributed by atoms with Crippen LogP contribution in [0.15, 0.2) is 29.4 Å². The molecule has 0 aliphatic carbocycles. The number of tetrazole rings is 1. The average molecular weight is 416 g/mol. The Morgan fingerprint density at radius 1 is 1.46 bits per heavy atom. The number of sulfone groups is 1. The van der Waals surface area contributed by atoms with Crippen molar-refractivity contribution in [2.75, 3.05) is 23.8 Å². The van der Waals surface area contributed by atoms with E-state index in [0.717, 1.165) is 0 Å². The first kappa shape index (κ1) is 19.1. The van der Waals surface area contributed by atoms with Crippen LogP contribution in [0.2, 0.25) is 5.02 Å². The van der Waals surface area contributed by atoms with Crippen LogP contribution in [0, 0.1) is 0 Å². The van der Waals surface area contributed by atoms with Crippen LogP contribution in [0.4, 0.5) is 0 Å². The van der Waals surface area contributed by atoms with E-state index >= 15 is 0 Å². The molecule has 1 fully saturated rings. The molecule has 3 rings (SSSR count). The molecule has 1 aromatic carbocycles. The fraction of sp³-hybridized carbons (Fsp3) is 0.467. The van der Waals surface area contributed by atoms with Crippen LogP contribution in [0.3, 0.4) is 0 Å². The van der Waals surface area contributed by atoms with Crippen LogP contribution in [-0.4, -0.2) is 69.3 Å². The molecule has 1 amide bonds. The minimum absolute atomic E-state index is 0.0392. The Kier molecular flexibility index (Phi) is 5.83. The first-order valence-electron chi connectivity index (χ1n) is 8.06. The highest BCUT2D eigenvalue weighted by atomic mass is 35.5. The van der Waals surface area contributed by atoms with Gasteiger partial charge >= 0.3 is 0 Å². The lowest BCUT2D eigenvalue weighted by molar-refractivity contribution is -0.129. The van der Waals surface area contributed by atoms with Crippen molar-refractivity contribution >= 4 is 39.1 Å². The van der Waals surface area contributed by atoms with Crippen LogP contribution < -0.4 is 0 Å². The maximum absolute atomic E-state index is 12.6. The molecule has 26 heavy (non-hydrogen) atoms. The third-order valence-electron chi connectivity index (χ3n) is 4.13. The molecule has 1 aliphatic rings. The second kappa shape index (κ2) is 7.93. The van der Waals surface area contributed by atoms with Crippen molar-refractivity contribution in [3.8, 4) is 5.69 Å². The number of hydrogen-bond acceptors (Lipinski definition) is 7. The van der Waals surface area contributed by atoms with E-state index in [1.165, 1.54) is 16.4 Å². The predicted octanol–water partition coefficient (Wildman–Crippen LogP) is 1.44. The maximum atomic E-state index is 12.6. The predicted molar refractivity (Wildman–Crippen MR) is 99.3 cm³/mol. The summed E-state index contributed by atoms with van der Waals surface area (Å²) in [6.45, 7) is 2.32. The van der Waals surface area contributed by atoms with Crippen molar-refractivity contribution in [1.29, 1.82) is 0 Å². The number of nitrogens with zero attached hydrogens (tertiary/aromatic N) is 5. The van der Waals surface area contributed by atoms with E-state index in [1.807, 2.05) is 13.0 Å². The molecule has 1 saturated heterocycles. The van der Waals surface area contributed by atoms with Crippen molar-refractivity contribution < 1.29 is 13.2 Å². The smallest absolute Gasteiger partial charge is 0.233 e. The summed E-state index contributed by atoms with van der Waals surface area (Å²) < 4.78 is 24.9. The second-order valence-corrected chi connectivity index (χ2v) is 9.49. The topological polar surface area (TPSA) is 98.1 Å². The van der Waals surface area contributed by atoms with Gasteiger partial charge in [0.05, 0.1) is 22.9 Å². The van der Waals surface area contributed by atoms with E-state index in [2.05, 4.69) is 15.5 Å². The molecule has 0 spiro atoms. The van der Waals surface area contributed by atoms with Gasteiger partial charge in [-0.2, -0.15) is 4.68 Å². The van der Waals surface area contributed by atoms with Gasteiger partial charge in [0.15, 0.2) is 9.84 Å². The molecule has 0 saturated carbocycles. The Labute approximate surface area is 160 Å². The number of thioether (sulfide) groups is 1. The molecule has 0 radical (unpaired) electrons. The van der Waals surface area contributed by atoms with Crippen molar-refractivity contribution in [3.05, 3.63) is 29.3 Å². The Morgan fingerprint density at radius 3 is 2.92 bits per heavy atom. The third-order valence-corrected chi connectivity index (χ3v) is 7.02. The zero-order chi connectivity index (χ0) is 18.7. The summed E-state index contributed by atoms with van der Waals surface area (Å²) in [5, 5.41) is 12.6. The van der Waals surface area contributed by atoms with Gasteiger partial charge in [-0.25, -0.2) is 8.42 Å². The largest absolute Gasteiger partial charge is 0.338 e. The number of hydrogen-bond donors (Lipinski definition) is 0. The molecule has 0 N–H and O–H groups in total. The average Bonchev–Trinajstić information content (AvgIpc) is 3.20. The normalized spacial score (nSPS) is 18.8. The molecule has 8 nitrogen and oxygen atoms in total. The Hall–Kier alpha value is -1.65. The molecule has 1 aliphatic heterocycles. The molecule has 140 valence electrons. The van der Waals surface area contributed by atoms with Gasteiger partial charge in [-0.1, -0.05) is 29.4 Å². The number of carbonyl (C=O) groups excluding carboxylic acids is 1. The number of rotatable bonds is 6. The van der Waals surface area contributed by atoms with E-state index in [0.29, 0.717) is 28.8 Å². The highest BCUT2D eigenvalue weighted by Crippen LogP contribution is 2.23. The molecule has 0 unspecified atom stereocenters. The minimum atomic E-state index is -3.04. The minimum Gasteiger partial charge on any atom is -0.338 e. The summed E-state index contributed by atoms with van der Waals surface area (Å²) >= 11 is 7.21. The standard InChI is InChI=1S/C15H18ClN5O3S2/c1-2-20(13-6-7-26(23,24)10-13)14(22)9-25-15-17-18-19-21(15)12-5-3-4-11(16)8-12/h3-5,8,13H,2,6-7,9-10H2,1H3/t13-/m0/s1. The Morgan fingerprint density at radius 2 is 2.27 bits per heavy atom. The maximum Gasteiger partial charge on any atom is 0.233 e. The summed E-state index contributed by atoms with van der Waals surface area (Å²) in [5.74, 6) is 0.185. The number of aromatic nitrogens is 4. The summed E-state index contributed by atoms with van der Waals surface area (Å²) in [6.07, 6.45) is 0.493. The molecule has 2 heterocycles. The lowest BCUT2D eigenvalue weighted by atomic mass is 10.2. The van der Waals surface area contributed by atoms with E-state index < -0.39 is 9.84 Å². The van der Waals surface area contributed by atoms with Crippen molar-refractivity contribution in [1.82, 2.24) is 25.1 Å². The highest BCUT2D eigenvalue weighted by Gasteiger charge is 2.33. The third kappa shape index (κ3) is 4.36. The van der Waals surface area contributed by atoms with Crippen LogP contribution in [0.5, 0.6) is 0 Å². The summed E-state index contributed by atoms with van der Waals surface area (Å²) in [7, 11) is -3.04. The zero-order valence-electron chi connectivity index (χ0n) is 14.1. The van der Waals surface area contributed by atoms with Crippen molar-refractivity contribution in [2.24, 2.45) is 0 Å². The monoisotopic (exact) mass is 415 g/mol. The zero-order valence-corrected chi connectivity index (χ0v) is 16.5. The van der Waals surface area contributed by atoms with Crippen molar-refractivity contribution in [3.63, 3.8) is 0 Å². The van der Waals surface area contributed by atoms with Gasteiger partial charge in [0.2, 0.25) is 11.1 Å². The van der Waals surface area contributed by atoms with Crippen LogP contribution in [0.25, 0.3) is 5.69 Å². The van der Waals surface area contributed by atoms with Gasteiger partial charge in [-0.05, 0) is 42.0 Å². The van der Waals surface area contributed by atoms with Gasteiger partial charge in [0.1, 0.15) is 0 Å². The quantitative estimate of drug-likeness (QED) is 0.658. The molecular weight excluding hydrogens is 398 g/mol. The SMILES string of the molecule is CCN(C(=O)CSc1nnnn1-c1cccc(Cl)c1)[C@H]1CCS(=O)(=O)C1. The number of benzene rings is 1. The summed E-state index contributed by atoms with van der Waals surface area (Å²) in [4.78, 5) is 14.2.